The predicted molar refractivity (Wildman–Crippen MR) is 53.0 cm³/mol. The van der Waals surface area contributed by atoms with E-state index in [9.17, 15) is 30.0 Å². The Morgan fingerprint density at radius 2 is 1.41 bits per heavy atom. The van der Waals surface area contributed by atoms with Gasteiger partial charge in [-0.05, 0) is 6.92 Å². The second-order valence-electron chi connectivity index (χ2n) is 3.71. The third-order valence-corrected chi connectivity index (χ3v) is 2.22. The molecule has 0 radical (unpaired) electrons. The van der Waals surface area contributed by atoms with Gasteiger partial charge in [-0.15, -0.1) is 0 Å². The first-order valence-electron chi connectivity index (χ1n) is 4.85. The summed E-state index contributed by atoms with van der Waals surface area (Å²) >= 11 is 0. The fraction of sp³-hybridized carbons (Fsp3) is 0.778. The second-order valence-corrected chi connectivity index (χ2v) is 3.71. The van der Waals surface area contributed by atoms with E-state index in [-0.39, 0.29) is 0 Å². The lowest BCUT2D eigenvalue weighted by molar-refractivity contribution is -0.154. The van der Waals surface area contributed by atoms with Crippen LogP contribution in [-0.2, 0) is 9.59 Å². The van der Waals surface area contributed by atoms with E-state index in [4.69, 9.17) is 10.2 Å². The lowest BCUT2D eigenvalue weighted by Gasteiger charge is -2.27. The van der Waals surface area contributed by atoms with Gasteiger partial charge in [-0.2, -0.15) is 0 Å². The van der Waals surface area contributed by atoms with E-state index in [1.54, 1.807) is 0 Å². The van der Waals surface area contributed by atoms with Gasteiger partial charge in [0.05, 0.1) is 12.2 Å². The van der Waals surface area contributed by atoms with Crippen molar-refractivity contribution in [1.82, 2.24) is 0 Å². The van der Waals surface area contributed by atoms with Crippen LogP contribution in [0, 0.1) is 0 Å². The van der Waals surface area contributed by atoms with Gasteiger partial charge in [-0.25, -0.2) is 4.79 Å². The summed E-state index contributed by atoms with van der Waals surface area (Å²) in [5.74, 6) is -3.11. The number of carboxylic acid groups (broad SMARTS) is 1. The van der Waals surface area contributed by atoms with Crippen LogP contribution in [0.15, 0.2) is 0 Å². The highest BCUT2D eigenvalue weighted by Crippen LogP contribution is 2.10. The van der Waals surface area contributed by atoms with E-state index in [0.717, 1.165) is 6.92 Å². The van der Waals surface area contributed by atoms with Gasteiger partial charge in [-0.3, -0.25) is 4.79 Å². The molecule has 17 heavy (non-hydrogen) atoms. The molecule has 0 aromatic heterocycles. The van der Waals surface area contributed by atoms with Crippen molar-refractivity contribution in [1.29, 1.82) is 0 Å². The van der Waals surface area contributed by atoms with Crippen LogP contribution in [0.1, 0.15) is 13.3 Å². The minimum Gasteiger partial charge on any atom is -0.475 e. The molecule has 0 spiro atoms. The van der Waals surface area contributed by atoms with E-state index >= 15 is 0 Å². The van der Waals surface area contributed by atoms with Gasteiger partial charge in [0.15, 0.2) is 0 Å². The number of carbonyl (C=O) groups excluding carboxylic acids is 1. The van der Waals surface area contributed by atoms with E-state index < -0.39 is 48.7 Å². The molecule has 0 aromatic rings. The highest BCUT2D eigenvalue weighted by molar-refractivity contribution is 6.32. The Balaban J connectivity index is 4.44. The van der Waals surface area contributed by atoms with Gasteiger partial charge in [0.25, 0.3) is 0 Å². The molecule has 0 bridgehead atoms. The largest absolute Gasteiger partial charge is 0.475 e. The standard InChI is InChI=1S/C9H16O8/c1-3(10)6(13)8(15)7(14)4(11)2-5(12)9(16)17/h3-4,6-8,10-11,13-15H,2H2,1H3,(H,16,17)/t3-,4-,6+,7+,8-/m0/s1. The van der Waals surface area contributed by atoms with E-state index in [1.807, 2.05) is 0 Å². The second kappa shape index (κ2) is 6.62. The van der Waals surface area contributed by atoms with Gasteiger partial charge in [0.1, 0.15) is 18.3 Å². The summed E-state index contributed by atoms with van der Waals surface area (Å²) in [6.45, 7) is 1.15. The number of carbonyl (C=O) groups is 2. The Labute approximate surface area is 96.7 Å². The Hall–Kier alpha value is -1.06. The molecule has 0 saturated heterocycles. The zero-order valence-corrected chi connectivity index (χ0v) is 9.09. The van der Waals surface area contributed by atoms with Crippen LogP contribution < -0.4 is 0 Å². The molecule has 8 heteroatoms. The van der Waals surface area contributed by atoms with Crippen molar-refractivity contribution in [2.75, 3.05) is 0 Å². The van der Waals surface area contributed by atoms with Crippen molar-refractivity contribution in [3.8, 4) is 0 Å². The third-order valence-electron chi connectivity index (χ3n) is 2.22. The zero-order valence-electron chi connectivity index (χ0n) is 9.09. The minimum absolute atomic E-state index is 0.903. The molecule has 0 aromatic carbocycles. The smallest absolute Gasteiger partial charge is 0.372 e. The first kappa shape index (κ1) is 15.9. The Bertz CT molecular complexity index is 276. The van der Waals surface area contributed by atoms with Gasteiger partial charge in [0.2, 0.25) is 5.78 Å². The minimum atomic E-state index is -1.94. The molecule has 0 rings (SSSR count). The zero-order chi connectivity index (χ0) is 13.7. The molecule has 0 fully saturated rings. The maximum Gasteiger partial charge on any atom is 0.372 e. The number of aliphatic hydroxyl groups is 5. The molecular formula is C9H16O8. The van der Waals surface area contributed by atoms with Gasteiger partial charge in [-0.1, -0.05) is 0 Å². The Morgan fingerprint density at radius 3 is 1.76 bits per heavy atom. The van der Waals surface area contributed by atoms with Crippen LogP contribution in [0.3, 0.4) is 0 Å². The predicted octanol–water partition coefficient (Wildman–Crippen LogP) is -3.15. The number of ketones is 1. The van der Waals surface area contributed by atoms with Gasteiger partial charge >= 0.3 is 5.97 Å². The summed E-state index contributed by atoms with van der Waals surface area (Å²) in [4.78, 5) is 20.9. The van der Waals surface area contributed by atoms with Crippen LogP contribution in [-0.4, -0.2) is 72.9 Å². The average molecular weight is 252 g/mol. The summed E-state index contributed by atoms with van der Waals surface area (Å²) in [5.41, 5.74) is 0. The Kier molecular flexibility index (Phi) is 6.21. The normalized spacial score (nSPS) is 20.1. The topological polar surface area (TPSA) is 156 Å². The van der Waals surface area contributed by atoms with Crippen molar-refractivity contribution in [3.05, 3.63) is 0 Å². The van der Waals surface area contributed by atoms with Crippen molar-refractivity contribution in [2.45, 2.75) is 43.9 Å². The fourth-order valence-corrected chi connectivity index (χ4v) is 1.11. The van der Waals surface area contributed by atoms with Crippen LogP contribution in [0.25, 0.3) is 0 Å². The number of hydrogen-bond acceptors (Lipinski definition) is 7. The molecule has 0 aliphatic rings. The van der Waals surface area contributed by atoms with Crippen molar-refractivity contribution in [2.24, 2.45) is 0 Å². The number of Topliss-reactive ketones (excluding diaryl/α,β-unsaturated/α-hetero) is 1. The highest BCUT2D eigenvalue weighted by Gasteiger charge is 2.34. The average Bonchev–Trinajstić information content (AvgIpc) is 2.25. The number of carboxylic acids is 1. The maximum atomic E-state index is 10.7. The summed E-state index contributed by atoms with van der Waals surface area (Å²) < 4.78 is 0. The molecular weight excluding hydrogens is 236 g/mol. The number of aliphatic carboxylic acids is 1. The van der Waals surface area contributed by atoms with E-state index in [0.29, 0.717) is 0 Å². The van der Waals surface area contributed by atoms with Crippen LogP contribution >= 0.6 is 0 Å². The molecule has 8 nitrogen and oxygen atoms in total. The van der Waals surface area contributed by atoms with E-state index in [1.165, 1.54) is 0 Å². The summed E-state index contributed by atoms with van der Waals surface area (Å²) in [7, 11) is 0. The van der Waals surface area contributed by atoms with Crippen LogP contribution in [0.5, 0.6) is 0 Å². The molecule has 100 valence electrons. The maximum absolute atomic E-state index is 10.7. The number of aliphatic hydroxyl groups excluding tert-OH is 5. The molecule has 5 atom stereocenters. The summed E-state index contributed by atoms with van der Waals surface area (Å²) in [6.07, 6.45) is -9.67. The van der Waals surface area contributed by atoms with Crippen molar-refractivity contribution < 1.29 is 40.2 Å². The monoisotopic (exact) mass is 252 g/mol. The third kappa shape index (κ3) is 4.75. The number of rotatable bonds is 7. The molecule has 0 unspecified atom stereocenters. The van der Waals surface area contributed by atoms with Gasteiger partial charge < -0.3 is 30.6 Å². The molecule has 6 N–H and O–H groups in total. The molecule has 0 heterocycles. The van der Waals surface area contributed by atoms with Crippen LogP contribution in [0.2, 0.25) is 0 Å². The Morgan fingerprint density at radius 1 is 0.941 bits per heavy atom. The molecule has 0 aliphatic heterocycles. The molecule has 0 saturated carbocycles. The SMILES string of the molecule is C[C@H](O)[C@@H](O)[C@H](O)[C@H](O)[C@@H](O)CC(=O)C(=O)O. The quantitative estimate of drug-likeness (QED) is 0.259. The highest BCUT2D eigenvalue weighted by atomic mass is 16.4. The van der Waals surface area contributed by atoms with Crippen molar-refractivity contribution >= 4 is 11.8 Å². The number of hydrogen-bond donors (Lipinski definition) is 6. The summed E-state index contributed by atoms with van der Waals surface area (Å²) in [6, 6.07) is 0. The van der Waals surface area contributed by atoms with Crippen molar-refractivity contribution in [3.63, 3.8) is 0 Å². The molecule has 0 amide bonds. The summed E-state index contributed by atoms with van der Waals surface area (Å²) in [5, 5.41) is 54.2. The first-order valence-corrected chi connectivity index (χ1v) is 4.85. The van der Waals surface area contributed by atoms with Crippen LogP contribution in [0.4, 0.5) is 0 Å². The lowest BCUT2D eigenvalue weighted by Crippen LogP contribution is -2.49. The molecule has 0 aliphatic carbocycles. The lowest BCUT2D eigenvalue weighted by atomic mass is 9.97. The van der Waals surface area contributed by atoms with Gasteiger partial charge in [0, 0.05) is 6.42 Å². The fourth-order valence-electron chi connectivity index (χ4n) is 1.11. The van der Waals surface area contributed by atoms with E-state index in [2.05, 4.69) is 0 Å². The first-order chi connectivity index (χ1) is 7.68.